The summed E-state index contributed by atoms with van der Waals surface area (Å²) in [5.74, 6) is 5.99. The molecular formula is C26H29N7O3. The van der Waals surface area contributed by atoms with Crippen molar-refractivity contribution in [1.82, 2.24) is 19.5 Å². The van der Waals surface area contributed by atoms with Crippen molar-refractivity contribution in [3.8, 4) is 11.3 Å². The fraction of sp³-hybridized carbons (Fsp3) is 0.269. The van der Waals surface area contributed by atoms with Crippen LogP contribution in [0.4, 0.5) is 5.82 Å². The van der Waals surface area contributed by atoms with Crippen molar-refractivity contribution < 1.29 is 14.4 Å². The summed E-state index contributed by atoms with van der Waals surface area (Å²) in [4.78, 5) is 48.3. The van der Waals surface area contributed by atoms with Crippen molar-refractivity contribution in [3.63, 3.8) is 0 Å². The SMILES string of the molecule is CC/C=C/C(=O)N1CCCC[C@H]1c1nc(-c2ccc(C(=O)Nc3ccccn3)cc2)c(C(N)=O)n1N. The highest BCUT2D eigenvalue weighted by Gasteiger charge is 2.33. The molecule has 10 heteroatoms. The molecule has 1 atom stereocenters. The number of nitrogens with zero attached hydrogens (tertiary/aromatic N) is 4. The number of aromatic nitrogens is 3. The zero-order valence-corrected chi connectivity index (χ0v) is 20.1. The van der Waals surface area contributed by atoms with Crippen molar-refractivity contribution in [2.75, 3.05) is 17.7 Å². The van der Waals surface area contributed by atoms with Gasteiger partial charge in [0.2, 0.25) is 5.91 Å². The number of pyridine rings is 1. The Labute approximate surface area is 209 Å². The summed E-state index contributed by atoms with van der Waals surface area (Å²) in [5.41, 5.74) is 7.00. The van der Waals surface area contributed by atoms with Crippen LogP contribution in [0, 0.1) is 0 Å². The standard InChI is InChI=1S/C26H29N7O3/c1-2-3-10-21(34)32-16-7-5-8-19(32)25-31-22(23(24(27)35)33(25)28)17-11-13-18(14-12-17)26(36)30-20-9-4-6-15-29-20/h3-4,6,9-15,19H,2,5,7-8,16,28H2,1H3,(H2,27,35)(H,29,30,36)/b10-3+/t19-/m0/s1. The number of nitrogens with two attached hydrogens (primary N) is 2. The molecule has 1 saturated heterocycles. The molecule has 1 aromatic carbocycles. The van der Waals surface area contributed by atoms with E-state index >= 15 is 0 Å². The number of benzene rings is 1. The maximum atomic E-state index is 12.8. The van der Waals surface area contributed by atoms with Crippen LogP contribution in [0.5, 0.6) is 0 Å². The molecule has 0 aliphatic carbocycles. The molecule has 0 spiro atoms. The molecule has 10 nitrogen and oxygen atoms in total. The number of anilines is 1. The Morgan fingerprint density at radius 3 is 2.58 bits per heavy atom. The van der Waals surface area contributed by atoms with Crippen LogP contribution in [0.25, 0.3) is 11.3 Å². The van der Waals surface area contributed by atoms with E-state index in [0.717, 1.165) is 19.3 Å². The van der Waals surface area contributed by atoms with Gasteiger partial charge in [-0.2, -0.15) is 0 Å². The highest BCUT2D eigenvalue weighted by atomic mass is 16.2. The lowest BCUT2D eigenvalue weighted by Gasteiger charge is -2.34. The molecule has 3 aromatic rings. The highest BCUT2D eigenvalue weighted by molar-refractivity contribution is 6.04. The van der Waals surface area contributed by atoms with E-state index in [1.807, 2.05) is 13.0 Å². The first kappa shape index (κ1) is 24.6. The molecular weight excluding hydrogens is 458 g/mol. The van der Waals surface area contributed by atoms with Gasteiger partial charge in [-0.15, -0.1) is 0 Å². The number of carbonyl (C=O) groups is 3. The Bertz CT molecular complexity index is 1280. The maximum Gasteiger partial charge on any atom is 0.269 e. The lowest BCUT2D eigenvalue weighted by Crippen LogP contribution is -2.40. The molecule has 186 valence electrons. The van der Waals surface area contributed by atoms with Gasteiger partial charge >= 0.3 is 0 Å². The van der Waals surface area contributed by atoms with Gasteiger partial charge in [0.05, 0.1) is 6.04 Å². The maximum absolute atomic E-state index is 12.8. The molecule has 5 N–H and O–H groups in total. The van der Waals surface area contributed by atoms with Gasteiger partial charge in [-0.05, 0) is 56.0 Å². The molecule has 2 aromatic heterocycles. The van der Waals surface area contributed by atoms with E-state index in [2.05, 4.69) is 15.3 Å². The third-order valence-corrected chi connectivity index (χ3v) is 6.08. The average Bonchev–Trinajstić information content (AvgIpc) is 3.25. The average molecular weight is 488 g/mol. The Balaban J connectivity index is 1.65. The zero-order valence-electron chi connectivity index (χ0n) is 20.1. The second-order valence-electron chi connectivity index (χ2n) is 8.50. The number of imidazole rings is 1. The third-order valence-electron chi connectivity index (χ3n) is 6.08. The molecule has 3 heterocycles. The smallest absolute Gasteiger partial charge is 0.269 e. The third kappa shape index (κ3) is 5.12. The number of nitrogens with one attached hydrogen (secondary N) is 1. The van der Waals surface area contributed by atoms with Crippen molar-refractivity contribution >= 4 is 23.5 Å². The number of primary amides is 1. The minimum Gasteiger partial charge on any atom is -0.364 e. The number of hydrogen-bond acceptors (Lipinski definition) is 6. The summed E-state index contributed by atoms with van der Waals surface area (Å²) in [6.45, 7) is 2.54. The topological polar surface area (TPSA) is 149 Å². The molecule has 1 fully saturated rings. The van der Waals surface area contributed by atoms with E-state index in [1.54, 1.807) is 59.6 Å². The van der Waals surface area contributed by atoms with E-state index in [-0.39, 0.29) is 23.6 Å². The fourth-order valence-corrected chi connectivity index (χ4v) is 4.30. The number of hydrogen-bond donors (Lipinski definition) is 3. The predicted octanol–water partition coefficient (Wildman–Crippen LogP) is 3.03. The van der Waals surface area contributed by atoms with Gasteiger partial charge in [-0.3, -0.25) is 14.4 Å². The van der Waals surface area contributed by atoms with Crippen molar-refractivity contribution in [3.05, 3.63) is 77.9 Å². The summed E-state index contributed by atoms with van der Waals surface area (Å²) in [6, 6.07) is 11.5. The lowest BCUT2D eigenvalue weighted by atomic mass is 10.0. The van der Waals surface area contributed by atoms with Gasteiger partial charge in [0, 0.05) is 23.9 Å². The van der Waals surface area contributed by atoms with E-state index in [9.17, 15) is 14.4 Å². The molecule has 0 bridgehead atoms. The number of allylic oxidation sites excluding steroid dienone is 1. The molecule has 0 radical (unpaired) electrons. The minimum absolute atomic E-state index is 0.0396. The Kier molecular flexibility index (Phi) is 7.43. The van der Waals surface area contributed by atoms with Crippen LogP contribution in [-0.2, 0) is 4.79 Å². The van der Waals surface area contributed by atoms with E-state index in [0.29, 0.717) is 41.4 Å². The van der Waals surface area contributed by atoms with Crippen LogP contribution in [-0.4, -0.2) is 43.8 Å². The summed E-state index contributed by atoms with van der Waals surface area (Å²) in [5, 5.41) is 2.73. The number of rotatable bonds is 7. The van der Waals surface area contributed by atoms with Gasteiger partial charge < -0.3 is 21.8 Å². The molecule has 1 aliphatic heterocycles. The molecule has 4 rings (SSSR count). The van der Waals surface area contributed by atoms with Crippen LogP contribution >= 0.6 is 0 Å². The number of amides is 3. The second-order valence-corrected chi connectivity index (χ2v) is 8.50. The molecule has 1 aliphatic rings. The summed E-state index contributed by atoms with van der Waals surface area (Å²) in [6.07, 6.45) is 8.17. The van der Waals surface area contributed by atoms with Crippen molar-refractivity contribution in [2.45, 2.75) is 38.6 Å². The monoisotopic (exact) mass is 487 g/mol. The fourth-order valence-electron chi connectivity index (χ4n) is 4.30. The second kappa shape index (κ2) is 10.9. The molecule has 0 saturated carbocycles. The molecule has 36 heavy (non-hydrogen) atoms. The highest BCUT2D eigenvalue weighted by Crippen LogP contribution is 2.33. The van der Waals surface area contributed by atoms with Gasteiger partial charge in [0.1, 0.15) is 11.5 Å². The van der Waals surface area contributed by atoms with Crippen LogP contribution in [0.15, 0.2) is 60.8 Å². The Hall–Kier alpha value is -4.47. The summed E-state index contributed by atoms with van der Waals surface area (Å²) >= 11 is 0. The number of nitrogen functional groups attached to an aromatic ring is 1. The summed E-state index contributed by atoms with van der Waals surface area (Å²) in [7, 11) is 0. The van der Waals surface area contributed by atoms with Crippen LogP contribution in [0.2, 0.25) is 0 Å². The lowest BCUT2D eigenvalue weighted by molar-refractivity contribution is -0.130. The van der Waals surface area contributed by atoms with Crippen LogP contribution < -0.4 is 16.9 Å². The molecule has 0 unspecified atom stereocenters. The van der Waals surface area contributed by atoms with E-state index in [4.69, 9.17) is 11.6 Å². The summed E-state index contributed by atoms with van der Waals surface area (Å²) < 4.78 is 1.19. The van der Waals surface area contributed by atoms with Gasteiger partial charge in [-0.25, -0.2) is 14.6 Å². The predicted molar refractivity (Wildman–Crippen MR) is 136 cm³/mol. The zero-order chi connectivity index (χ0) is 25.7. The largest absolute Gasteiger partial charge is 0.364 e. The number of piperidine rings is 1. The van der Waals surface area contributed by atoms with E-state index in [1.165, 1.54) is 4.68 Å². The Morgan fingerprint density at radius 2 is 1.92 bits per heavy atom. The first-order valence-electron chi connectivity index (χ1n) is 11.9. The first-order valence-corrected chi connectivity index (χ1v) is 11.9. The van der Waals surface area contributed by atoms with Gasteiger partial charge in [0.15, 0.2) is 11.5 Å². The molecule has 3 amide bonds. The quantitative estimate of drug-likeness (QED) is 0.344. The van der Waals surface area contributed by atoms with Gasteiger partial charge in [0.25, 0.3) is 11.8 Å². The van der Waals surface area contributed by atoms with E-state index < -0.39 is 5.91 Å². The number of carbonyl (C=O) groups excluding carboxylic acids is 3. The normalized spacial score (nSPS) is 15.7. The Morgan fingerprint density at radius 1 is 1.14 bits per heavy atom. The van der Waals surface area contributed by atoms with Gasteiger partial charge in [-0.1, -0.05) is 31.2 Å². The van der Waals surface area contributed by atoms with Crippen molar-refractivity contribution in [2.24, 2.45) is 5.73 Å². The number of likely N-dealkylation sites (tertiary alicyclic amines) is 1. The van der Waals surface area contributed by atoms with Crippen molar-refractivity contribution in [1.29, 1.82) is 0 Å². The van der Waals surface area contributed by atoms with Crippen LogP contribution in [0.1, 0.15) is 65.3 Å². The first-order chi connectivity index (χ1) is 17.4. The van der Waals surface area contributed by atoms with Crippen LogP contribution in [0.3, 0.4) is 0 Å². The minimum atomic E-state index is -0.734.